The molecule has 1 aromatic heterocycles. The van der Waals surface area contributed by atoms with E-state index in [1.165, 1.54) is 32.1 Å². The van der Waals surface area contributed by atoms with Crippen molar-refractivity contribution in [2.75, 3.05) is 5.73 Å². The first kappa shape index (κ1) is 14.0. The Morgan fingerprint density at radius 2 is 2.00 bits per heavy atom. The van der Waals surface area contributed by atoms with E-state index in [0.29, 0.717) is 5.41 Å². The van der Waals surface area contributed by atoms with Gasteiger partial charge in [-0.15, -0.1) is 5.10 Å². The summed E-state index contributed by atoms with van der Waals surface area (Å²) in [6, 6.07) is 5.99. The maximum atomic E-state index is 6.11. The lowest BCUT2D eigenvalue weighted by atomic mass is 9.76. The molecule has 1 aliphatic carbocycles. The minimum atomic E-state index is 0.293. The van der Waals surface area contributed by atoms with E-state index in [4.69, 9.17) is 5.73 Å². The van der Waals surface area contributed by atoms with Gasteiger partial charge in [0.25, 0.3) is 0 Å². The second kappa shape index (κ2) is 5.47. The third kappa shape index (κ3) is 2.91. The van der Waals surface area contributed by atoms with Gasteiger partial charge in [-0.25, -0.2) is 4.68 Å². The topological polar surface area (TPSA) is 69.6 Å². The van der Waals surface area contributed by atoms with Crippen LogP contribution in [-0.4, -0.2) is 20.2 Å². The van der Waals surface area contributed by atoms with Crippen LogP contribution in [0.1, 0.15) is 44.6 Å². The lowest BCUT2D eigenvalue weighted by Gasteiger charge is -2.33. The number of hydrogen-bond acceptors (Lipinski definition) is 4. The summed E-state index contributed by atoms with van der Waals surface area (Å²) in [4.78, 5) is 0. The monoisotopic (exact) mass is 285 g/mol. The molecule has 5 nitrogen and oxygen atoms in total. The SMILES string of the molecule is Cc1ccc(N)c(-c2nnnn2CC2(C)CCCCC2)c1. The van der Waals surface area contributed by atoms with Gasteiger partial charge in [-0.2, -0.15) is 0 Å². The van der Waals surface area contributed by atoms with Crippen molar-refractivity contribution in [1.29, 1.82) is 0 Å². The van der Waals surface area contributed by atoms with Crippen LogP contribution in [0.2, 0.25) is 0 Å². The third-order valence-corrected chi connectivity index (χ3v) is 4.57. The van der Waals surface area contributed by atoms with Crippen LogP contribution in [0.15, 0.2) is 18.2 Å². The van der Waals surface area contributed by atoms with Crippen LogP contribution < -0.4 is 5.73 Å². The number of benzene rings is 1. The van der Waals surface area contributed by atoms with E-state index >= 15 is 0 Å². The maximum Gasteiger partial charge on any atom is 0.184 e. The van der Waals surface area contributed by atoms with E-state index in [1.54, 1.807) is 0 Å². The van der Waals surface area contributed by atoms with Gasteiger partial charge in [0.05, 0.1) is 6.54 Å². The molecular formula is C16H23N5. The van der Waals surface area contributed by atoms with Gasteiger partial charge in [0.2, 0.25) is 0 Å². The van der Waals surface area contributed by atoms with Gasteiger partial charge in [0.15, 0.2) is 5.82 Å². The Kier molecular flexibility index (Phi) is 3.66. The van der Waals surface area contributed by atoms with Crippen LogP contribution in [0, 0.1) is 12.3 Å². The molecule has 5 heteroatoms. The highest BCUT2D eigenvalue weighted by atomic mass is 15.5. The number of anilines is 1. The minimum Gasteiger partial charge on any atom is -0.398 e. The van der Waals surface area contributed by atoms with Crippen molar-refractivity contribution < 1.29 is 0 Å². The summed E-state index contributed by atoms with van der Waals surface area (Å²) in [5, 5.41) is 12.3. The Hall–Kier alpha value is -1.91. The van der Waals surface area contributed by atoms with Crippen molar-refractivity contribution in [3.63, 3.8) is 0 Å². The minimum absolute atomic E-state index is 0.293. The van der Waals surface area contributed by atoms with E-state index < -0.39 is 0 Å². The van der Waals surface area contributed by atoms with Gasteiger partial charge in [-0.1, -0.05) is 37.8 Å². The van der Waals surface area contributed by atoms with Crippen molar-refractivity contribution in [3.8, 4) is 11.4 Å². The van der Waals surface area contributed by atoms with Gasteiger partial charge in [0.1, 0.15) is 0 Å². The molecule has 0 aliphatic heterocycles. The summed E-state index contributed by atoms with van der Waals surface area (Å²) in [6.07, 6.45) is 6.45. The fraction of sp³-hybridized carbons (Fsp3) is 0.562. The molecule has 0 spiro atoms. The summed E-state index contributed by atoms with van der Waals surface area (Å²) in [7, 11) is 0. The smallest absolute Gasteiger partial charge is 0.184 e. The van der Waals surface area contributed by atoms with Crippen LogP contribution in [0.5, 0.6) is 0 Å². The van der Waals surface area contributed by atoms with E-state index in [1.807, 2.05) is 16.8 Å². The van der Waals surface area contributed by atoms with Crippen LogP contribution in [0.25, 0.3) is 11.4 Å². The van der Waals surface area contributed by atoms with Crippen molar-refractivity contribution in [2.24, 2.45) is 5.41 Å². The zero-order valence-corrected chi connectivity index (χ0v) is 12.8. The average Bonchev–Trinajstić information content (AvgIpc) is 2.89. The molecule has 0 atom stereocenters. The van der Waals surface area contributed by atoms with Gasteiger partial charge in [-0.3, -0.25) is 0 Å². The molecule has 1 aliphatic rings. The standard InChI is InChI=1S/C16H23N5/c1-12-6-7-14(17)13(10-12)15-18-19-20-21(15)11-16(2)8-4-3-5-9-16/h6-7,10H,3-5,8-9,11,17H2,1-2H3. The molecule has 1 saturated carbocycles. The molecule has 112 valence electrons. The molecule has 0 saturated heterocycles. The molecule has 0 unspecified atom stereocenters. The predicted molar refractivity (Wildman–Crippen MR) is 83.6 cm³/mol. The Labute approximate surface area is 125 Å². The van der Waals surface area contributed by atoms with Gasteiger partial charge < -0.3 is 5.73 Å². The molecule has 3 rings (SSSR count). The number of aryl methyl sites for hydroxylation is 1. The molecule has 1 aromatic carbocycles. The predicted octanol–water partition coefficient (Wildman–Crippen LogP) is 3.20. The average molecular weight is 285 g/mol. The number of nitrogens with two attached hydrogens (primary N) is 1. The lowest BCUT2D eigenvalue weighted by Crippen LogP contribution is -2.27. The number of hydrogen-bond donors (Lipinski definition) is 1. The van der Waals surface area contributed by atoms with Gasteiger partial charge in [-0.05, 0) is 47.7 Å². The normalized spacial score (nSPS) is 17.8. The van der Waals surface area contributed by atoms with Crippen molar-refractivity contribution in [3.05, 3.63) is 23.8 Å². The molecular weight excluding hydrogens is 262 g/mol. The van der Waals surface area contributed by atoms with Crippen molar-refractivity contribution in [1.82, 2.24) is 20.2 Å². The molecule has 0 amide bonds. The summed E-state index contributed by atoms with van der Waals surface area (Å²) >= 11 is 0. The fourth-order valence-corrected chi connectivity index (χ4v) is 3.29. The summed E-state index contributed by atoms with van der Waals surface area (Å²) in [5.41, 5.74) is 9.22. The second-order valence-electron chi connectivity index (χ2n) is 6.62. The zero-order valence-electron chi connectivity index (χ0n) is 12.8. The second-order valence-corrected chi connectivity index (χ2v) is 6.62. The Morgan fingerprint density at radius 1 is 1.24 bits per heavy atom. The number of tetrazole rings is 1. The first-order valence-corrected chi connectivity index (χ1v) is 7.70. The summed E-state index contributed by atoms with van der Waals surface area (Å²) in [5.74, 6) is 0.781. The molecule has 2 N–H and O–H groups in total. The van der Waals surface area contributed by atoms with E-state index in [-0.39, 0.29) is 0 Å². The first-order valence-electron chi connectivity index (χ1n) is 7.70. The maximum absolute atomic E-state index is 6.11. The molecule has 0 bridgehead atoms. The number of aromatic nitrogens is 4. The fourth-order valence-electron chi connectivity index (χ4n) is 3.29. The highest BCUT2D eigenvalue weighted by molar-refractivity contribution is 5.72. The summed E-state index contributed by atoms with van der Waals surface area (Å²) in [6.45, 7) is 5.26. The number of nitrogen functional groups attached to an aromatic ring is 1. The Bertz CT molecular complexity index is 625. The van der Waals surface area contributed by atoms with E-state index in [9.17, 15) is 0 Å². The van der Waals surface area contributed by atoms with E-state index in [0.717, 1.165) is 29.2 Å². The quantitative estimate of drug-likeness (QED) is 0.879. The molecule has 0 radical (unpaired) electrons. The molecule has 21 heavy (non-hydrogen) atoms. The highest BCUT2D eigenvalue weighted by Crippen LogP contribution is 2.38. The molecule has 1 heterocycles. The first-order chi connectivity index (χ1) is 10.1. The van der Waals surface area contributed by atoms with Gasteiger partial charge in [0, 0.05) is 11.3 Å². The van der Waals surface area contributed by atoms with Crippen molar-refractivity contribution in [2.45, 2.75) is 52.5 Å². The van der Waals surface area contributed by atoms with Crippen LogP contribution >= 0.6 is 0 Å². The largest absolute Gasteiger partial charge is 0.398 e. The van der Waals surface area contributed by atoms with E-state index in [2.05, 4.69) is 35.4 Å². The Balaban J connectivity index is 1.92. The van der Waals surface area contributed by atoms with Crippen LogP contribution in [0.4, 0.5) is 5.69 Å². The van der Waals surface area contributed by atoms with Gasteiger partial charge >= 0.3 is 0 Å². The van der Waals surface area contributed by atoms with Crippen LogP contribution in [0.3, 0.4) is 0 Å². The summed E-state index contributed by atoms with van der Waals surface area (Å²) < 4.78 is 1.93. The third-order valence-electron chi connectivity index (χ3n) is 4.57. The lowest BCUT2D eigenvalue weighted by molar-refractivity contribution is 0.175. The van der Waals surface area contributed by atoms with Crippen molar-refractivity contribution >= 4 is 5.69 Å². The highest BCUT2D eigenvalue weighted by Gasteiger charge is 2.29. The zero-order chi connectivity index (χ0) is 14.9. The number of rotatable bonds is 3. The Morgan fingerprint density at radius 3 is 2.76 bits per heavy atom. The molecule has 2 aromatic rings. The van der Waals surface area contributed by atoms with Crippen LogP contribution in [-0.2, 0) is 6.54 Å². The number of nitrogens with zero attached hydrogens (tertiary/aromatic N) is 4. The molecule has 1 fully saturated rings.